The molecule has 1 heterocycles. The van der Waals surface area contributed by atoms with Gasteiger partial charge in [-0.15, -0.1) is 0 Å². The fraction of sp³-hybridized carbons (Fsp3) is 1.00. The Balaban J connectivity index is 2.09. The minimum absolute atomic E-state index is 0.495. The Bertz CT molecular complexity index is 199. The Labute approximate surface area is 94.4 Å². The van der Waals surface area contributed by atoms with Gasteiger partial charge < -0.3 is 5.32 Å². The number of rotatable bonds is 3. The second-order valence-corrected chi connectivity index (χ2v) is 5.49. The third-order valence-corrected chi connectivity index (χ3v) is 4.71. The molecule has 0 bridgehead atoms. The topological polar surface area (TPSA) is 15.3 Å². The molecule has 2 heteroatoms. The Morgan fingerprint density at radius 2 is 1.93 bits per heavy atom. The van der Waals surface area contributed by atoms with Gasteiger partial charge in [-0.2, -0.15) is 0 Å². The highest BCUT2D eigenvalue weighted by Gasteiger charge is 2.44. The van der Waals surface area contributed by atoms with Crippen LogP contribution >= 0.6 is 0 Å². The lowest BCUT2D eigenvalue weighted by atomic mass is 9.73. The van der Waals surface area contributed by atoms with E-state index in [0.29, 0.717) is 5.54 Å². The first kappa shape index (κ1) is 11.4. The zero-order valence-corrected chi connectivity index (χ0v) is 10.4. The summed E-state index contributed by atoms with van der Waals surface area (Å²) in [5.41, 5.74) is 0.495. The molecule has 1 aliphatic carbocycles. The van der Waals surface area contributed by atoms with Crippen LogP contribution in [0.25, 0.3) is 0 Å². The molecule has 1 saturated heterocycles. The molecule has 1 aliphatic heterocycles. The molecule has 88 valence electrons. The van der Waals surface area contributed by atoms with Gasteiger partial charge in [0.2, 0.25) is 0 Å². The van der Waals surface area contributed by atoms with Gasteiger partial charge in [-0.25, -0.2) is 0 Å². The summed E-state index contributed by atoms with van der Waals surface area (Å²) in [6.07, 6.45) is 10.1. The van der Waals surface area contributed by atoms with Crippen molar-refractivity contribution in [1.82, 2.24) is 10.2 Å². The second kappa shape index (κ2) is 4.84. The van der Waals surface area contributed by atoms with E-state index in [-0.39, 0.29) is 0 Å². The van der Waals surface area contributed by atoms with E-state index < -0.39 is 0 Å². The van der Waals surface area contributed by atoms with Crippen LogP contribution in [0.3, 0.4) is 0 Å². The van der Waals surface area contributed by atoms with E-state index in [1.54, 1.807) is 0 Å². The molecule has 2 rings (SSSR count). The lowest BCUT2D eigenvalue weighted by Crippen LogP contribution is -2.54. The molecule has 0 radical (unpaired) electrons. The van der Waals surface area contributed by atoms with Gasteiger partial charge in [-0.05, 0) is 52.2 Å². The van der Waals surface area contributed by atoms with Crippen molar-refractivity contribution in [3.05, 3.63) is 0 Å². The molecule has 15 heavy (non-hydrogen) atoms. The summed E-state index contributed by atoms with van der Waals surface area (Å²) in [6, 6.07) is 0. The second-order valence-electron chi connectivity index (χ2n) is 5.49. The van der Waals surface area contributed by atoms with E-state index in [4.69, 9.17) is 0 Å². The molecule has 0 amide bonds. The number of likely N-dealkylation sites (N-methyl/N-ethyl adjacent to an activating group) is 2. The Hall–Kier alpha value is -0.0800. The van der Waals surface area contributed by atoms with Crippen molar-refractivity contribution in [2.75, 3.05) is 27.2 Å². The van der Waals surface area contributed by atoms with E-state index in [2.05, 4.69) is 24.3 Å². The molecule has 2 fully saturated rings. The molecule has 0 aromatic heterocycles. The van der Waals surface area contributed by atoms with Gasteiger partial charge in [0.05, 0.1) is 0 Å². The number of hydrogen-bond acceptors (Lipinski definition) is 2. The molecule has 1 saturated carbocycles. The van der Waals surface area contributed by atoms with Crippen molar-refractivity contribution < 1.29 is 0 Å². The van der Waals surface area contributed by atoms with Gasteiger partial charge in [0.25, 0.3) is 0 Å². The normalized spacial score (nSPS) is 34.8. The van der Waals surface area contributed by atoms with E-state index in [1.165, 1.54) is 58.0 Å². The zero-order chi connectivity index (χ0) is 10.7. The molecule has 1 N–H and O–H groups in total. The maximum atomic E-state index is 3.44. The maximum absolute atomic E-state index is 3.44. The van der Waals surface area contributed by atoms with Gasteiger partial charge in [0.1, 0.15) is 0 Å². The summed E-state index contributed by atoms with van der Waals surface area (Å²) in [5.74, 6) is 0.950. The molecule has 2 nitrogen and oxygen atoms in total. The minimum atomic E-state index is 0.495. The molecule has 2 aliphatic rings. The average molecular weight is 210 g/mol. The molecule has 0 spiro atoms. The fourth-order valence-electron chi connectivity index (χ4n) is 3.87. The first-order chi connectivity index (χ1) is 7.29. The first-order valence-corrected chi connectivity index (χ1v) is 6.65. The average Bonchev–Trinajstić information content (AvgIpc) is 2.63. The number of hydrogen-bond donors (Lipinski definition) is 1. The van der Waals surface area contributed by atoms with Gasteiger partial charge in [0, 0.05) is 12.1 Å². The van der Waals surface area contributed by atoms with Crippen LogP contribution in [0.15, 0.2) is 0 Å². The number of likely N-dealkylation sites (tertiary alicyclic amines) is 1. The molecule has 1 atom stereocenters. The summed E-state index contributed by atoms with van der Waals surface area (Å²) < 4.78 is 0. The summed E-state index contributed by atoms with van der Waals surface area (Å²) in [6.45, 7) is 2.49. The highest BCUT2D eigenvalue weighted by molar-refractivity contribution is 5.01. The predicted octanol–water partition coefficient (Wildman–Crippen LogP) is 2.25. The summed E-state index contributed by atoms with van der Waals surface area (Å²) in [5, 5.41) is 3.44. The smallest absolute Gasteiger partial charge is 0.0359 e. The van der Waals surface area contributed by atoms with Gasteiger partial charge in [0.15, 0.2) is 0 Å². The largest absolute Gasteiger partial charge is 0.318 e. The third-order valence-electron chi connectivity index (χ3n) is 4.71. The van der Waals surface area contributed by atoms with Crippen LogP contribution in [0.2, 0.25) is 0 Å². The van der Waals surface area contributed by atoms with Crippen LogP contribution in [-0.2, 0) is 0 Å². The Morgan fingerprint density at radius 3 is 2.47 bits per heavy atom. The monoisotopic (exact) mass is 210 g/mol. The van der Waals surface area contributed by atoms with Crippen molar-refractivity contribution in [3.63, 3.8) is 0 Å². The molecular weight excluding hydrogens is 184 g/mol. The lowest BCUT2D eigenvalue weighted by Gasteiger charge is -2.45. The minimum Gasteiger partial charge on any atom is -0.318 e. The van der Waals surface area contributed by atoms with E-state index in [1.807, 2.05) is 0 Å². The number of nitrogens with zero attached hydrogens (tertiary/aromatic N) is 1. The van der Waals surface area contributed by atoms with Crippen LogP contribution in [0.1, 0.15) is 44.9 Å². The van der Waals surface area contributed by atoms with Gasteiger partial charge >= 0.3 is 0 Å². The van der Waals surface area contributed by atoms with Crippen LogP contribution in [-0.4, -0.2) is 37.6 Å². The third kappa shape index (κ3) is 2.07. The van der Waals surface area contributed by atoms with E-state index in [9.17, 15) is 0 Å². The predicted molar refractivity (Wildman–Crippen MR) is 65.1 cm³/mol. The molecule has 1 unspecified atom stereocenters. The standard InChI is InChI=1S/C13H26N2/c1-14-11-13(9-6-10-15(13)2)12-7-4-3-5-8-12/h12,14H,3-11H2,1-2H3. The molecule has 0 aromatic carbocycles. The maximum Gasteiger partial charge on any atom is 0.0359 e. The highest BCUT2D eigenvalue weighted by Crippen LogP contribution is 2.41. The van der Waals surface area contributed by atoms with Gasteiger partial charge in [-0.3, -0.25) is 4.90 Å². The van der Waals surface area contributed by atoms with Crippen molar-refractivity contribution >= 4 is 0 Å². The summed E-state index contributed by atoms with van der Waals surface area (Å²) in [7, 11) is 4.44. The van der Waals surface area contributed by atoms with Crippen molar-refractivity contribution in [2.45, 2.75) is 50.5 Å². The van der Waals surface area contributed by atoms with Crippen LogP contribution in [0.5, 0.6) is 0 Å². The highest BCUT2D eigenvalue weighted by atomic mass is 15.2. The lowest BCUT2D eigenvalue weighted by molar-refractivity contribution is 0.0720. The van der Waals surface area contributed by atoms with Crippen molar-refractivity contribution in [2.24, 2.45) is 5.92 Å². The van der Waals surface area contributed by atoms with Crippen molar-refractivity contribution in [1.29, 1.82) is 0 Å². The summed E-state index contributed by atoms with van der Waals surface area (Å²) in [4.78, 5) is 2.64. The van der Waals surface area contributed by atoms with Crippen LogP contribution in [0.4, 0.5) is 0 Å². The van der Waals surface area contributed by atoms with E-state index in [0.717, 1.165) is 5.92 Å². The van der Waals surface area contributed by atoms with E-state index >= 15 is 0 Å². The van der Waals surface area contributed by atoms with Crippen LogP contribution < -0.4 is 5.32 Å². The Morgan fingerprint density at radius 1 is 1.20 bits per heavy atom. The fourth-order valence-corrected chi connectivity index (χ4v) is 3.87. The Kier molecular flexibility index (Phi) is 3.68. The van der Waals surface area contributed by atoms with Crippen LogP contribution in [0, 0.1) is 5.92 Å². The first-order valence-electron chi connectivity index (χ1n) is 6.65. The van der Waals surface area contributed by atoms with Crippen molar-refractivity contribution in [3.8, 4) is 0 Å². The van der Waals surface area contributed by atoms with Gasteiger partial charge in [-0.1, -0.05) is 19.3 Å². The summed E-state index contributed by atoms with van der Waals surface area (Å²) >= 11 is 0. The molecular formula is C13H26N2. The quantitative estimate of drug-likeness (QED) is 0.768. The SMILES string of the molecule is CNCC1(C2CCCCC2)CCCN1C. The molecule has 0 aromatic rings. The number of nitrogens with one attached hydrogen (secondary N) is 1. The zero-order valence-electron chi connectivity index (χ0n) is 10.4.